The van der Waals surface area contributed by atoms with Crippen LogP contribution in [0.3, 0.4) is 0 Å². The Kier molecular flexibility index (Phi) is 3.30. The first-order valence-electron chi connectivity index (χ1n) is 7.75. The molecule has 120 valence electrons. The average Bonchev–Trinajstić information content (AvgIpc) is 3.16. The molecule has 0 bridgehead atoms. The summed E-state index contributed by atoms with van der Waals surface area (Å²) >= 11 is 0. The molecule has 2 aromatic carbocycles. The molecule has 1 atom stereocenters. The van der Waals surface area contributed by atoms with Crippen LogP contribution in [-0.4, -0.2) is 27.6 Å². The van der Waals surface area contributed by atoms with Gasteiger partial charge in [0.15, 0.2) is 0 Å². The summed E-state index contributed by atoms with van der Waals surface area (Å²) in [5.41, 5.74) is 8.11. The largest absolute Gasteiger partial charge is 0.368 e. The van der Waals surface area contributed by atoms with E-state index in [9.17, 15) is 9.59 Å². The average molecular weight is 320 g/mol. The van der Waals surface area contributed by atoms with Crippen molar-refractivity contribution in [1.82, 2.24) is 9.78 Å². The molecule has 6 nitrogen and oxygen atoms in total. The van der Waals surface area contributed by atoms with Gasteiger partial charge in [-0.2, -0.15) is 5.10 Å². The third-order valence-electron chi connectivity index (χ3n) is 4.41. The first-order chi connectivity index (χ1) is 11.6. The number of aromatic nitrogens is 2. The van der Waals surface area contributed by atoms with Crippen molar-refractivity contribution in [1.29, 1.82) is 0 Å². The molecule has 0 aliphatic carbocycles. The van der Waals surface area contributed by atoms with Crippen LogP contribution in [0.5, 0.6) is 0 Å². The molecule has 0 fully saturated rings. The molecule has 0 saturated carbocycles. The van der Waals surface area contributed by atoms with Crippen molar-refractivity contribution in [3.8, 4) is 0 Å². The standard InChI is InChI=1S/C18H16N4O2/c19-18(24)16-9-12-5-1-4-8-15(12)22(16)17(23)11-21-14-7-3-2-6-13(14)10-20-21/h1-8,10,16H,9,11H2,(H2,19,24)/t16-/m0/s1. The monoisotopic (exact) mass is 320 g/mol. The van der Waals surface area contributed by atoms with Gasteiger partial charge >= 0.3 is 0 Å². The Balaban J connectivity index is 1.69. The predicted octanol–water partition coefficient (Wildman–Crippen LogP) is 1.48. The summed E-state index contributed by atoms with van der Waals surface area (Å²) in [4.78, 5) is 26.2. The highest BCUT2D eigenvalue weighted by atomic mass is 16.2. The fourth-order valence-electron chi connectivity index (χ4n) is 3.28. The van der Waals surface area contributed by atoms with Gasteiger partial charge in [0.2, 0.25) is 11.8 Å². The number of carbonyl (C=O) groups excluding carboxylic acids is 2. The quantitative estimate of drug-likeness (QED) is 0.793. The molecule has 24 heavy (non-hydrogen) atoms. The normalized spacial score (nSPS) is 16.3. The minimum atomic E-state index is -0.642. The number of carbonyl (C=O) groups is 2. The van der Waals surface area contributed by atoms with Gasteiger partial charge in [0, 0.05) is 17.5 Å². The smallest absolute Gasteiger partial charge is 0.249 e. The maximum absolute atomic E-state index is 12.9. The molecule has 2 heterocycles. The van der Waals surface area contributed by atoms with Crippen LogP contribution in [0.1, 0.15) is 5.56 Å². The number of amides is 2. The van der Waals surface area contributed by atoms with Crippen LogP contribution < -0.4 is 10.6 Å². The Hall–Kier alpha value is -3.15. The minimum Gasteiger partial charge on any atom is -0.368 e. The van der Waals surface area contributed by atoms with Crippen molar-refractivity contribution in [2.45, 2.75) is 19.0 Å². The number of hydrogen-bond donors (Lipinski definition) is 1. The molecular formula is C18H16N4O2. The topological polar surface area (TPSA) is 81.2 Å². The van der Waals surface area contributed by atoms with Crippen LogP contribution >= 0.6 is 0 Å². The van der Waals surface area contributed by atoms with E-state index in [1.807, 2.05) is 48.5 Å². The highest BCUT2D eigenvalue weighted by Gasteiger charge is 2.37. The number of primary amides is 1. The second-order valence-electron chi connectivity index (χ2n) is 5.88. The molecular weight excluding hydrogens is 304 g/mol. The molecule has 0 saturated heterocycles. The fourth-order valence-corrected chi connectivity index (χ4v) is 3.28. The zero-order valence-corrected chi connectivity index (χ0v) is 12.9. The van der Waals surface area contributed by atoms with E-state index in [4.69, 9.17) is 5.73 Å². The summed E-state index contributed by atoms with van der Waals surface area (Å²) in [6.45, 7) is 0.0611. The zero-order valence-electron chi connectivity index (χ0n) is 12.9. The van der Waals surface area contributed by atoms with E-state index in [2.05, 4.69) is 5.10 Å². The maximum atomic E-state index is 12.9. The van der Waals surface area contributed by atoms with Gasteiger partial charge in [-0.25, -0.2) is 0 Å². The molecule has 0 unspecified atom stereocenters. The Morgan fingerprint density at radius 1 is 1.12 bits per heavy atom. The van der Waals surface area contributed by atoms with Crippen LogP contribution in [0.4, 0.5) is 5.69 Å². The number of rotatable bonds is 3. The van der Waals surface area contributed by atoms with Crippen molar-refractivity contribution >= 4 is 28.4 Å². The van der Waals surface area contributed by atoms with Crippen LogP contribution in [0, 0.1) is 0 Å². The molecule has 6 heteroatoms. The van der Waals surface area contributed by atoms with Crippen LogP contribution in [0.25, 0.3) is 10.9 Å². The molecule has 2 N–H and O–H groups in total. The summed E-state index contributed by atoms with van der Waals surface area (Å²) in [6, 6.07) is 14.6. The second kappa shape index (κ2) is 5.49. The molecule has 2 amide bonds. The van der Waals surface area contributed by atoms with Gasteiger partial charge < -0.3 is 5.73 Å². The van der Waals surface area contributed by atoms with E-state index in [0.29, 0.717) is 6.42 Å². The van der Waals surface area contributed by atoms with E-state index in [1.165, 1.54) is 4.90 Å². The Bertz CT molecular complexity index is 947. The third kappa shape index (κ3) is 2.23. The van der Waals surface area contributed by atoms with Gasteiger partial charge in [-0.3, -0.25) is 19.2 Å². The molecule has 4 rings (SSSR count). The molecule has 0 spiro atoms. The van der Waals surface area contributed by atoms with E-state index in [1.54, 1.807) is 10.9 Å². The van der Waals surface area contributed by atoms with E-state index in [0.717, 1.165) is 22.2 Å². The van der Waals surface area contributed by atoms with Gasteiger partial charge in [-0.1, -0.05) is 36.4 Å². The zero-order chi connectivity index (χ0) is 16.7. The lowest BCUT2D eigenvalue weighted by Crippen LogP contribution is -2.47. The number of para-hydroxylation sites is 2. The van der Waals surface area contributed by atoms with Crippen LogP contribution in [0.15, 0.2) is 54.7 Å². The summed E-state index contributed by atoms with van der Waals surface area (Å²) in [5.74, 6) is -0.692. The lowest BCUT2D eigenvalue weighted by Gasteiger charge is -2.23. The lowest BCUT2D eigenvalue weighted by atomic mass is 10.1. The van der Waals surface area contributed by atoms with Crippen molar-refractivity contribution < 1.29 is 9.59 Å². The van der Waals surface area contributed by atoms with Gasteiger partial charge in [-0.05, 0) is 17.7 Å². The molecule has 1 aromatic heterocycles. The first-order valence-corrected chi connectivity index (χ1v) is 7.75. The molecule has 0 radical (unpaired) electrons. The van der Waals surface area contributed by atoms with Gasteiger partial charge in [0.1, 0.15) is 12.6 Å². The van der Waals surface area contributed by atoms with Crippen molar-refractivity contribution in [3.63, 3.8) is 0 Å². The number of nitrogens with zero attached hydrogens (tertiary/aromatic N) is 3. The predicted molar refractivity (Wildman–Crippen MR) is 90.3 cm³/mol. The second-order valence-corrected chi connectivity index (χ2v) is 5.88. The van der Waals surface area contributed by atoms with E-state index < -0.39 is 11.9 Å². The van der Waals surface area contributed by atoms with Crippen molar-refractivity contribution in [2.75, 3.05) is 4.90 Å². The minimum absolute atomic E-state index is 0.0611. The summed E-state index contributed by atoms with van der Waals surface area (Å²) in [7, 11) is 0. The Morgan fingerprint density at radius 2 is 1.88 bits per heavy atom. The van der Waals surface area contributed by atoms with Gasteiger partial charge in [-0.15, -0.1) is 0 Å². The summed E-state index contributed by atoms with van der Waals surface area (Å²) < 4.78 is 1.65. The molecule has 1 aliphatic rings. The maximum Gasteiger partial charge on any atom is 0.249 e. The van der Waals surface area contributed by atoms with Crippen molar-refractivity contribution in [3.05, 3.63) is 60.3 Å². The van der Waals surface area contributed by atoms with Crippen LogP contribution in [-0.2, 0) is 22.6 Å². The Morgan fingerprint density at radius 3 is 2.71 bits per heavy atom. The van der Waals surface area contributed by atoms with Crippen molar-refractivity contribution in [2.24, 2.45) is 5.73 Å². The van der Waals surface area contributed by atoms with Gasteiger partial charge in [0.05, 0.1) is 11.7 Å². The summed E-state index contributed by atoms with van der Waals surface area (Å²) in [6.07, 6.45) is 2.18. The molecule has 1 aliphatic heterocycles. The lowest BCUT2D eigenvalue weighted by molar-refractivity contribution is -0.124. The third-order valence-corrected chi connectivity index (χ3v) is 4.41. The number of anilines is 1. The number of fused-ring (bicyclic) bond motifs is 2. The number of hydrogen-bond acceptors (Lipinski definition) is 3. The van der Waals surface area contributed by atoms with E-state index in [-0.39, 0.29) is 12.5 Å². The fraction of sp³-hybridized carbons (Fsp3) is 0.167. The SMILES string of the molecule is NC(=O)[C@@H]1Cc2ccccc2N1C(=O)Cn1ncc2ccccc21. The summed E-state index contributed by atoms with van der Waals surface area (Å²) in [5, 5.41) is 5.26. The van der Waals surface area contributed by atoms with Gasteiger partial charge in [0.25, 0.3) is 0 Å². The number of benzene rings is 2. The van der Waals surface area contributed by atoms with E-state index >= 15 is 0 Å². The highest BCUT2D eigenvalue weighted by molar-refractivity contribution is 6.03. The highest BCUT2D eigenvalue weighted by Crippen LogP contribution is 2.32. The first kappa shape index (κ1) is 14.4. The van der Waals surface area contributed by atoms with Crippen LogP contribution in [0.2, 0.25) is 0 Å². The Labute approximate surface area is 138 Å². The molecule has 3 aromatic rings. The number of nitrogens with two attached hydrogens (primary N) is 1.